The highest BCUT2D eigenvalue weighted by Crippen LogP contribution is 2.20. The molecule has 0 spiro atoms. The molecule has 1 N–H and O–H groups in total. The molecule has 2 rings (SSSR count). The van der Waals surface area contributed by atoms with Gasteiger partial charge in [0, 0.05) is 23.6 Å². The van der Waals surface area contributed by atoms with E-state index >= 15 is 0 Å². The van der Waals surface area contributed by atoms with Gasteiger partial charge in [-0.1, -0.05) is 41.9 Å². The first-order chi connectivity index (χ1) is 10.0. The van der Waals surface area contributed by atoms with Gasteiger partial charge >= 0.3 is 6.01 Å². The molecule has 0 saturated heterocycles. The molecule has 0 unspecified atom stereocenters. The molecule has 1 aromatic carbocycles. The molecule has 1 heterocycles. The van der Waals surface area contributed by atoms with Gasteiger partial charge in [-0.05, 0) is 24.1 Å². The molecule has 0 saturated carbocycles. The average molecular weight is 353 g/mol. The highest BCUT2D eigenvalue weighted by molar-refractivity contribution is 9.10. The summed E-state index contributed by atoms with van der Waals surface area (Å²) in [6.07, 6.45) is 1.62. The molecule has 0 radical (unpaired) electrons. The van der Waals surface area contributed by atoms with E-state index < -0.39 is 0 Å². The molecule has 0 amide bonds. The fraction of sp³-hybridized carbons (Fsp3) is 0.467. The van der Waals surface area contributed by atoms with Crippen LogP contribution in [0.15, 0.2) is 29.0 Å². The lowest BCUT2D eigenvalue weighted by Gasteiger charge is -2.10. The van der Waals surface area contributed by atoms with Crippen LogP contribution in [0.25, 0.3) is 0 Å². The molecule has 5 nitrogen and oxygen atoms in total. The first-order valence-electron chi connectivity index (χ1n) is 7.01. The molecule has 0 atom stereocenters. The zero-order valence-electron chi connectivity index (χ0n) is 12.6. The van der Waals surface area contributed by atoms with Crippen LogP contribution in [0, 0.1) is 5.92 Å². The van der Waals surface area contributed by atoms with Crippen molar-refractivity contribution in [1.29, 1.82) is 0 Å². The van der Waals surface area contributed by atoms with E-state index in [1.165, 1.54) is 5.56 Å². The van der Waals surface area contributed by atoms with Gasteiger partial charge < -0.3 is 10.1 Å². The highest BCUT2D eigenvalue weighted by Gasteiger charge is 2.05. The summed E-state index contributed by atoms with van der Waals surface area (Å²) in [5, 5.41) is 7.52. The Morgan fingerprint density at radius 3 is 2.81 bits per heavy atom. The van der Waals surface area contributed by atoms with E-state index in [9.17, 15) is 0 Å². The van der Waals surface area contributed by atoms with Crippen LogP contribution in [-0.2, 0) is 20.2 Å². The van der Waals surface area contributed by atoms with Crippen LogP contribution in [0.1, 0.15) is 25.0 Å². The Morgan fingerprint density at radius 2 is 2.19 bits per heavy atom. The monoisotopic (exact) mass is 352 g/mol. The van der Waals surface area contributed by atoms with Crippen molar-refractivity contribution >= 4 is 15.9 Å². The molecule has 114 valence electrons. The number of ether oxygens (including phenoxy) is 1. The Bertz CT molecular complexity index is 583. The van der Waals surface area contributed by atoms with E-state index in [2.05, 4.69) is 63.4 Å². The number of benzene rings is 1. The summed E-state index contributed by atoms with van der Waals surface area (Å²) in [5.41, 5.74) is 2.33. The van der Waals surface area contributed by atoms with Gasteiger partial charge in [0.05, 0.1) is 0 Å². The van der Waals surface area contributed by atoms with Crippen LogP contribution in [0.4, 0.5) is 0 Å². The minimum atomic E-state index is 0.395. The van der Waals surface area contributed by atoms with Crippen LogP contribution in [0.2, 0.25) is 0 Å². The van der Waals surface area contributed by atoms with E-state index in [1.807, 2.05) is 7.05 Å². The molecule has 6 heteroatoms. The summed E-state index contributed by atoms with van der Waals surface area (Å²) in [6.45, 7) is 6.75. The summed E-state index contributed by atoms with van der Waals surface area (Å²) < 4.78 is 8.22. The molecule has 0 aliphatic carbocycles. The zero-order valence-corrected chi connectivity index (χ0v) is 14.2. The predicted octanol–water partition coefficient (Wildman–Crippen LogP) is 2.90. The molecule has 2 aromatic rings. The number of hydrogen-bond donors (Lipinski definition) is 1. The van der Waals surface area contributed by atoms with E-state index in [4.69, 9.17) is 4.74 Å². The molecular weight excluding hydrogens is 332 g/mol. The predicted molar refractivity (Wildman–Crippen MR) is 86.0 cm³/mol. The van der Waals surface area contributed by atoms with Crippen LogP contribution in [0.3, 0.4) is 0 Å². The van der Waals surface area contributed by atoms with Crippen molar-refractivity contribution in [2.24, 2.45) is 13.0 Å². The fourth-order valence-corrected chi connectivity index (χ4v) is 2.39. The Kier molecular flexibility index (Phi) is 5.76. The summed E-state index contributed by atoms with van der Waals surface area (Å²) in [6, 6.07) is 6.70. The number of hydrogen-bond acceptors (Lipinski definition) is 4. The van der Waals surface area contributed by atoms with Crippen molar-refractivity contribution in [3.63, 3.8) is 0 Å². The topological polar surface area (TPSA) is 52.0 Å². The second-order valence-electron chi connectivity index (χ2n) is 5.44. The zero-order chi connectivity index (χ0) is 15.2. The SMILES string of the molecule is CC(C)CNCc1ccc(COc2ncn(C)n2)c(Br)c1. The van der Waals surface area contributed by atoms with Gasteiger partial charge in [-0.25, -0.2) is 0 Å². The van der Waals surface area contributed by atoms with Crippen molar-refractivity contribution in [3.8, 4) is 6.01 Å². The van der Waals surface area contributed by atoms with Gasteiger partial charge in [-0.2, -0.15) is 4.98 Å². The Labute approximate surface area is 133 Å². The third-order valence-corrected chi connectivity index (χ3v) is 3.67. The molecule has 21 heavy (non-hydrogen) atoms. The number of aryl methyl sites for hydroxylation is 1. The van der Waals surface area contributed by atoms with E-state index in [1.54, 1.807) is 11.0 Å². The maximum absolute atomic E-state index is 5.56. The number of halogens is 1. The summed E-state index contributed by atoms with van der Waals surface area (Å²) in [7, 11) is 1.81. The van der Waals surface area contributed by atoms with Crippen LogP contribution < -0.4 is 10.1 Å². The minimum Gasteiger partial charge on any atom is -0.457 e. The molecule has 0 fully saturated rings. The maximum Gasteiger partial charge on any atom is 0.335 e. The number of rotatable bonds is 7. The third kappa shape index (κ3) is 5.13. The van der Waals surface area contributed by atoms with Gasteiger partial charge in [0.15, 0.2) is 0 Å². The van der Waals surface area contributed by atoms with Gasteiger partial charge in [0.2, 0.25) is 0 Å². The van der Waals surface area contributed by atoms with Crippen molar-refractivity contribution in [2.75, 3.05) is 6.54 Å². The van der Waals surface area contributed by atoms with Crippen LogP contribution >= 0.6 is 15.9 Å². The van der Waals surface area contributed by atoms with Crippen molar-refractivity contribution in [3.05, 3.63) is 40.1 Å². The number of nitrogens with one attached hydrogen (secondary N) is 1. The van der Waals surface area contributed by atoms with E-state index in [0.29, 0.717) is 18.5 Å². The van der Waals surface area contributed by atoms with Crippen molar-refractivity contribution < 1.29 is 4.74 Å². The maximum atomic E-state index is 5.56. The second-order valence-corrected chi connectivity index (χ2v) is 6.29. The largest absolute Gasteiger partial charge is 0.457 e. The highest BCUT2D eigenvalue weighted by atomic mass is 79.9. The van der Waals surface area contributed by atoms with Gasteiger partial charge in [0.25, 0.3) is 0 Å². The second kappa shape index (κ2) is 7.56. The first kappa shape index (κ1) is 16.0. The lowest BCUT2D eigenvalue weighted by molar-refractivity contribution is 0.279. The normalized spacial score (nSPS) is 11.1. The fourth-order valence-electron chi connectivity index (χ4n) is 1.85. The molecule has 1 aromatic heterocycles. The van der Waals surface area contributed by atoms with E-state index in [-0.39, 0.29) is 0 Å². The lowest BCUT2D eigenvalue weighted by atomic mass is 10.1. The third-order valence-electron chi connectivity index (χ3n) is 2.93. The summed E-state index contributed by atoms with van der Waals surface area (Å²) in [4.78, 5) is 4.04. The first-order valence-corrected chi connectivity index (χ1v) is 7.80. The van der Waals surface area contributed by atoms with Crippen LogP contribution in [-0.4, -0.2) is 21.3 Å². The smallest absolute Gasteiger partial charge is 0.335 e. The van der Waals surface area contributed by atoms with Gasteiger partial charge in [0.1, 0.15) is 12.9 Å². The molecular formula is C15H21BrN4O. The van der Waals surface area contributed by atoms with Crippen molar-refractivity contribution in [2.45, 2.75) is 27.0 Å². The average Bonchev–Trinajstić information content (AvgIpc) is 2.83. The Hall–Kier alpha value is -1.40. The molecule has 0 aliphatic heterocycles. The Balaban J connectivity index is 1.89. The molecule has 0 bridgehead atoms. The number of aromatic nitrogens is 3. The van der Waals surface area contributed by atoms with Gasteiger partial charge in [-0.3, -0.25) is 4.68 Å². The van der Waals surface area contributed by atoms with E-state index in [0.717, 1.165) is 23.1 Å². The molecule has 0 aliphatic rings. The van der Waals surface area contributed by atoms with Crippen molar-refractivity contribution in [1.82, 2.24) is 20.1 Å². The standard InChI is InChI=1S/C15H21BrN4O/c1-11(2)7-17-8-12-4-5-13(14(16)6-12)9-21-15-18-10-20(3)19-15/h4-6,10-11,17H,7-9H2,1-3H3. The summed E-state index contributed by atoms with van der Waals surface area (Å²) in [5.74, 6) is 0.659. The van der Waals surface area contributed by atoms with Gasteiger partial charge in [-0.15, -0.1) is 5.10 Å². The lowest BCUT2D eigenvalue weighted by Crippen LogP contribution is -2.18. The summed E-state index contributed by atoms with van der Waals surface area (Å²) >= 11 is 3.59. The Morgan fingerprint density at radius 1 is 1.38 bits per heavy atom. The minimum absolute atomic E-state index is 0.395. The van der Waals surface area contributed by atoms with Crippen LogP contribution in [0.5, 0.6) is 6.01 Å². The number of nitrogens with zero attached hydrogens (tertiary/aromatic N) is 3. The quantitative estimate of drug-likeness (QED) is 0.832.